The van der Waals surface area contributed by atoms with E-state index >= 15 is 0 Å². The molecule has 2 nitrogen and oxygen atoms in total. The van der Waals surface area contributed by atoms with Crippen LogP contribution in [0.1, 0.15) is 26.3 Å². The largest absolute Gasteiger partial charge is 0.496 e. The summed E-state index contributed by atoms with van der Waals surface area (Å²) < 4.78 is 5.32. The molecule has 0 heterocycles. The zero-order chi connectivity index (χ0) is 12.8. The van der Waals surface area contributed by atoms with Crippen molar-refractivity contribution in [3.05, 3.63) is 34.4 Å². The summed E-state index contributed by atoms with van der Waals surface area (Å²) >= 11 is 6.19. The summed E-state index contributed by atoms with van der Waals surface area (Å²) in [5.74, 6) is 0.806. The van der Waals surface area contributed by atoms with Crippen LogP contribution < -0.4 is 10.1 Å². The third-order valence-corrected chi connectivity index (χ3v) is 3.13. The van der Waals surface area contributed by atoms with E-state index in [1.807, 2.05) is 18.2 Å². The molecule has 1 rings (SSSR count). The smallest absolute Gasteiger partial charge is 0.127 e. The molecule has 1 N–H and O–H groups in total. The quantitative estimate of drug-likeness (QED) is 0.863. The second-order valence-electron chi connectivity index (χ2n) is 4.02. The van der Waals surface area contributed by atoms with Gasteiger partial charge >= 0.3 is 0 Å². The molecule has 0 radical (unpaired) electrons. The SMILES string of the molecule is CCNC(C)/C(C)=C/c1c(Cl)cccc1OC. The van der Waals surface area contributed by atoms with Gasteiger partial charge < -0.3 is 10.1 Å². The second kappa shape index (κ2) is 6.67. The fourth-order valence-electron chi connectivity index (χ4n) is 1.66. The van der Waals surface area contributed by atoms with E-state index in [1.54, 1.807) is 7.11 Å². The molecule has 0 aliphatic rings. The number of methoxy groups -OCH3 is 1. The first-order valence-electron chi connectivity index (χ1n) is 5.84. The van der Waals surface area contributed by atoms with Gasteiger partial charge in [0.1, 0.15) is 5.75 Å². The topological polar surface area (TPSA) is 21.3 Å². The molecule has 0 bridgehead atoms. The molecule has 17 heavy (non-hydrogen) atoms. The van der Waals surface area contributed by atoms with Gasteiger partial charge in [-0.3, -0.25) is 0 Å². The zero-order valence-corrected chi connectivity index (χ0v) is 11.6. The molecule has 1 aromatic rings. The predicted molar refractivity (Wildman–Crippen MR) is 74.8 cm³/mol. The summed E-state index contributed by atoms with van der Waals surface area (Å²) in [4.78, 5) is 0. The van der Waals surface area contributed by atoms with Crippen molar-refractivity contribution in [2.45, 2.75) is 26.8 Å². The molecule has 0 aliphatic carbocycles. The van der Waals surface area contributed by atoms with Crippen molar-refractivity contribution in [1.82, 2.24) is 5.32 Å². The Kier molecular flexibility index (Phi) is 5.52. The minimum Gasteiger partial charge on any atom is -0.496 e. The van der Waals surface area contributed by atoms with E-state index in [1.165, 1.54) is 5.57 Å². The molecule has 0 saturated carbocycles. The lowest BCUT2D eigenvalue weighted by atomic mass is 10.1. The molecule has 0 spiro atoms. The third-order valence-electron chi connectivity index (χ3n) is 2.80. The molecule has 1 aromatic carbocycles. The Labute approximate surface area is 109 Å². The molecule has 0 amide bonds. The van der Waals surface area contributed by atoms with Crippen LogP contribution in [0, 0.1) is 0 Å². The van der Waals surface area contributed by atoms with Crippen LogP contribution in [0.4, 0.5) is 0 Å². The van der Waals surface area contributed by atoms with Crippen molar-refractivity contribution in [1.29, 1.82) is 0 Å². The van der Waals surface area contributed by atoms with Crippen LogP contribution in [0.2, 0.25) is 5.02 Å². The average Bonchev–Trinajstić information content (AvgIpc) is 2.31. The first kappa shape index (κ1) is 14.1. The van der Waals surface area contributed by atoms with Gasteiger partial charge in [-0.25, -0.2) is 0 Å². The monoisotopic (exact) mass is 253 g/mol. The Hall–Kier alpha value is -0.990. The van der Waals surface area contributed by atoms with Gasteiger partial charge in [-0.2, -0.15) is 0 Å². The second-order valence-corrected chi connectivity index (χ2v) is 4.43. The Balaban J connectivity index is 3.04. The highest BCUT2D eigenvalue weighted by atomic mass is 35.5. The molecule has 3 heteroatoms. The summed E-state index contributed by atoms with van der Waals surface area (Å²) in [7, 11) is 1.66. The van der Waals surface area contributed by atoms with Crippen LogP contribution in [0.3, 0.4) is 0 Å². The minimum absolute atomic E-state index is 0.334. The highest BCUT2D eigenvalue weighted by Gasteiger charge is 2.08. The van der Waals surface area contributed by atoms with Crippen molar-refractivity contribution < 1.29 is 4.74 Å². The van der Waals surface area contributed by atoms with E-state index in [0.717, 1.165) is 17.9 Å². The van der Waals surface area contributed by atoms with Crippen LogP contribution >= 0.6 is 11.6 Å². The first-order chi connectivity index (χ1) is 8.10. The van der Waals surface area contributed by atoms with Crippen LogP contribution in [0.15, 0.2) is 23.8 Å². The third kappa shape index (κ3) is 3.76. The lowest BCUT2D eigenvalue weighted by Crippen LogP contribution is -2.26. The fraction of sp³-hybridized carbons (Fsp3) is 0.429. The number of halogens is 1. The molecular weight excluding hydrogens is 234 g/mol. The van der Waals surface area contributed by atoms with Crippen molar-refractivity contribution in [3.8, 4) is 5.75 Å². The Morgan fingerprint density at radius 3 is 2.82 bits per heavy atom. The Morgan fingerprint density at radius 1 is 1.53 bits per heavy atom. The van der Waals surface area contributed by atoms with Crippen LogP contribution in [0.25, 0.3) is 6.08 Å². The normalized spacial score (nSPS) is 13.6. The standard InChI is InChI=1S/C14H20ClNO/c1-5-16-11(3)10(2)9-12-13(15)7-6-8-14(12)17-4/h6-9,11,16H,5H2,1-4H3/b10-9+. The molecule has 1 atom stereocenters. The van der Waals surface area contributed by atoms with Gasteiger partial charge in [0.05, 0.1) is 12.1 Å². The van der Waals surface area contributed by atoms with E-state index in [9.17, 15) is 0 Å². The molecule has 0 aromatic heterocycles. The van der Waals surface area contributed by atoms with Gasteiger partial charge in [-0.15, -0.1) is 0 Å². The zero-order valence-electron chi connectivity index (χ0n) is 10.9. The highest BCUT2D eigenvalue weighted by Crippen LogP contribution is 2.28. The van der Waals surface area contributed by atoms with Gasteiger partial charge in [-0.05, 0) is 38.6 Å². The van der Waals surface area contributed by atoms with Crippen LogP contribution in [-0.4, -0.2) is 19.7 Å². The molecule has 94 valence electrons. The fourth-order valence-corrected chi connectivity index (χ4v) is 1.88. The number of hydrogen-bond donors (Lipinski definition) is 1. The average molecular weight is 254 g/mol. The summed E-state index contributed by atoms with van der Waals surface area (Å²) in [6.07, 6.45) is 2.08. The summed E-state index contributed by atoms with van der Waals surface area (Å²) in [6, 6.07) is 6.02. The maximum absolute atomic E-state index is 6.19. The van der Waals surface area contributed by atoms with Gasteiger partial charge in [-0.1, -0.05) is 30.2 Å². The molecule has 0 saturated heterocycles. The van der Waals surface area contributed by atoms with Gasteiger partial charge in [0.15, 0.2) is 0 Å². The van der Waals surface area contributed by atoms with Crippen LogP contribution in [-0.2, 0) is 0 Å². The summed E-state index contributed by atoms with van der Waals surface area (Å²) in [5, 5.41) is 4.09. The van der Waals surface area contributed by atoms with Crippen molar-refractivity contribution >= 4 is 17.7 Å². The maximum Gasteiger partial charge on any atom is 0.127 e. The Morgan fingerprint density at radius 2 is 2.24 bits per heavy atom. The van der Waals surface area contributed by atoms with Gasteiger partial charge in [0.2, 0.25) is 0 Å². The van der Waals surface area contributed by atoms with E-state index in [2.05, 4.69) is 32.2 Å². The molecule has 0 fully saturated rings. The van der Waals surface area contributed by atoms with Gasteiger partial charge in [0, 0.05) is 11.6 Å². The number of ether oxygens (including phenoxy) is 1. The minimum atomic E-state index is 0.334. The number of rotatable bonds is 5. The molecular formula is C14H20ClNO. The van der Waals surface area contributed by atoms with Crippen molar-refractivity contribution in [2.24, 2.45) is 0 Å². The van der Waals surface area contributed by atoms with Crippen LogP contribution in [0.5, 0.6) is 5.75 Å². The lowest BCUT2D eigenvalue weighted by molar-refractivity contribution is 0.414. The van der Waals surface area contributed by atoms with Crippen molar-refractivity contribution in [3.63, 3.8) is 0 Å². The number of nitrogens with one attached hydrogen (secondary N) is 1. The summed E-state index contributed by atoms with van der Waals surface area (Å²) in [5.41, 5.74) is 2.18. The highest BCUT2D eigenvalue weighted by molar-refractivity contribution is 6.32. The van der Waals surface area contributed by atoms with E-state index in [-0.39, 0.29) is 0 Å². The van der Waals surface area contributed by atoms with E-state index in [4.69, 9.17) is 16.3 Å². The van der Waals surface area contributed by atoms with E-state index in [0.29, 0.717) is 11.1 Å². The maximum atomic E-state index is 6.19. The Bertz CT molecular complexity index is 401. The van der Waals surface area contributed by atoms with Gasteiger partial charge in [0.25, 0.3) is 0 Å². The molecule has 0 aliphatic heterocycles. The first-order valence-corrected chi connectivity index (χ1v) is 6.22. The summed E-state index contributed by atoms with van der Waals surface area (Å²) in [6.45, 7) is 7.28. The van der Waals surface area contributed by atoms with Crippen molar-refractivity contribution in [2.75, 3.05) is 13.7 Å². The van der Waals surface area contributed by atoms with E-state index < -0.39 is 0 Å². The number of benzene rings is 1. The lowest BCUT2D eigenvalue weighted by Gasteiger charge is -2.14. The predicted octanol–water partition coefficient (Wildman–Crippen LogP) is 3.75. The number of likely N-dealkylation sites (N-methyl/N-ethyl adjacent to an activating group) is 1. The molecule has 1 unspecified atom stereocenters. The number of hydrogen-bond acceptors (Lipinski definition) is 2.